The number of quaternary nitrogens is 1. The van der Waals surface area contributed by atoms with Crippen molar-refractivity contribution < 1.29 is 13.2 Å². The van der Waals surface area contributed by atoms with Gasteiger partial charge in [0.05, 0.1) is 26.2 Å². The second kappa shape index (κ2) is 17.4. The summed E-state index contributed by atoms with van der Waals surface area (Å²) in [5.74, 6) is 0.112. The Morgan fingerprint density at radius 3 is 1.41 bits per heavy atom. The van der Waals surface area contributed by atoms with Gasteiger partial charge in [0, 0.05) is 5.75 Å². The molecule has 0 aliphatic carbocycles. The van der Waals surface area contributed by atoms with Crippen LogP contribution in [0.4, 0.5) is 0 Å². The average Bonchev–Trinajstić information content (AvgIpc) is 2.68. The molecule has 1 atom stereocenters. The first-order valence-electron chi connectivity index (χ1n) is 11.0. The molecule has 0 radical (unpaired) electrons. The van der Waals surface area contributed by atoms with E-state index in [4.69, 9.17) is 0 Å². The molecule has 3 nitrogen and oxygen atoms in total. The highest BCUT2D eigenvalue weighted by molar-refractivity contribution is 7.78. The number of rotatable bonds is 14. The molecule has 158 valence electrons. The lowest BCUT2D eigenvalue weighted by molar-refractivity contribution is -0.929. The normalized spacial score (nSPS) is 12.3. The van der Waals surface area contributed by atoms with Crippen LogP contribution in [0.2, 0.25) is 0 Å². The first-order chi connectivity index (χ1) is 13.0. The standard InChI is InChI=1S/C16H36N.C7H8O2S/c1-5-9-13-17(14-10-6-2,15-11-7-3)16-12-8-4;8-10(9)6-7-4-2-1-3-5-7/h5-16H2,1-4H3;1-5H,6H2,(H,8,9)/q+1;/p-1. The smallest absolute Gasteiger partial charge is 0.0786 e. The van der Waals surface area contributed by atoms with Gasteiger partial charge in [-0.3, -0.25) is 4.21 Å². The molecule has 27 heavy (non-hydrogen) atoms. The fourth-order valence-electron chi connectivity index (χ4n) is 3.36. The highest BCUT2D eigenvalue weighted by atomic mass is 32.2. The minimum Gasteiger partial charge on any atom is -0.772 e. The second-order valence-corrected chi connectivity index (χ2v) is 8.48. The molecule has 0 saturated carbocycles. The molecule has 0 spiro atoms. The summed E-state index contributed by atoms with van der Waals surface area (Å²) < 4.78 is 21.8. The highest BCUT2D eigenvalue weighted by Crippen LogP contribution is 2.16. The molecule has 0 amide bonds. The predicted molar refractivity (Wildman–Crippen MR) is 118 cm³/mol. The van der Waals surface area contributed by atoms with E-state index in [0.29, 0.717) is 0 Å². The quantitative estimate of drug-likeness (QED) is 0.282. The lowest BCUT2D eigenvalue weighted by atomic mass is 10.1. The fraction of sp³-hybridized carbons (Fsp3) is 0.739. The van der Waals surface area contributed by atoms with Crippen molar-refractivity contribution in [3.8, 4) is 0 Å². The van der Waals surface area contributed by atoms with E-state index in [2.05, 4.69) is 27.7 Å². The van der Waals surface area contributed by atoms with Crippen molar-refractivity contribution >= 4 is 11.1 Å². The summed E-state index contributed by atoms with van der Waals surface area (Å²) in [6, 6.07) is 9.08. The molecule has 0 fully saturated rings. The third-order valence-electron chi connectivity index (χ3n) is 5.07. The lowest BCUT2D eigenvalue weighted by Gasteiger charge is -2.39. The van der Waals surface area contributed by atoms with Gasteiger partial charge >= 0.3 is 0 Å². The van der Waals surface area contributed by atoms with E-state index in [0.717, 1.165) is 5.56 Å². The summed E-state index contributed by atoms with van der Waals surface area (Å²) in [4.78, 5) is 0. The molecule has 0 aliphatic heterocycles. The van der Waals surface area contributed by atoms with E-state index in [1.54, 1.807) is 12.1 Å². The predicted octanol–water partition coefficient (Wildman–Crippen LogP) is 6.07. The Morgan fingerprint density at radius 1 is 0.741 bits per heavy atom. The van der Waals surface area contributed by atoms with Crippen molar-refractivity contribution in [1.29, 1.82) is 0 Å². The van der Waals surface area contributed by atoms with Crippen LogP contribution >= 0.6 is 0 Å². The van der Waals surface area contributed by atoms with Crippen molar-refractivity contribution in [2.75, 3.05) is 26.2 Å². The van der Waals surface area contributed by atoms with E-state index < -0.39 is 11.1 Å². The molecule has 0 N–H and O–H groups in total. The molecule has 1 aromatic rings. The molecular weight excluding hydrogens is 354 g/mol. The summed E-state index contributed by atoms with van der Waals surface area (Å²) >= 11 is -1.97. The Hall–Kier alpha value is -0.710. The third-order valence-corrected chi connectivity index (χ3v) is 5.64. The number of nitrogens with zero attached hydrogens (tertiary/aromatic N) is 1. The Morgan fingerprint density at radius 2 is 1.11 bits per heavy atom. The van der Waals surface area contributed by atoms with Gasteiger partial charge < -0.3 is 9.04 Å². The lowest BCUT2D eigenvalue weighted by Crippen LogP contribution is -2.50. The average molecular weight is 398 g/mol. The first-order valence-corrected chi connectivity index (χ1v) is 12.2. The zero-order chi connectivity index (χ0) is 20.4. The van der Waals surface area contributed by atoms with Crippen LogP contribution in [0.15, 0.2) is 30.3 Å². The van der Waals surface area contributed by atoms with Gasteiger partial charge in [-0.05, 0) is 31.2 Å². The zero-order valence-electron chi connectivity index (χ0n) is 18.3. The van der Waals surface area contributed by atoms with E-state index in [-0.39, 0.29) is 5.75 Å². The van der Waals surface area contributed by atoms with Crippen molar-refractivity contribution in [3.05, 3.63) is 35.9 Å². The van der Waals surface area contributed by atoms with E-state index >= 15 is 0 Å². The number of benzene rings is 1. The van der Waals surface area contributed by atoms with Gasteiger partial charge in [-0.1, -0.05) is 94.8 Å². The number of unbranched alkanes of at least 4 members (excludes halogenated alkanes) is 4. The van der Waals surface area contributed by atoms with E-state index in [1.165, 1.54) is 82.0 Å². The molecule has 1 unspecified atom stereocenters. The minimum absolute atomic E-state index is 0.112. The Balaban J connectivity index is 0.000000569. The summed E-state index contributed by atoms with van der Waals surface area (Å²) in [7, 11) is 0. The molecule has 0 heterocycles. The van der Waals surface area contributed by atoms with Crippen LogP contribution in [0.1, 0.15) is 84.6 Å². The number of hydrogen-bond acceptors (Lipinski definition) is 2. The summed E-state index contributed by atoms with van der Waals surface area (Å²) in [6.45, 7) is 15.0. The number of hydrogen-bond donors (Lipinski definition) is 0. The first kappa shape index (κ1) is 26.3. The van der Waals surface area contributed by atoms with Gasteiger partial charge in [-0.15, -0.1) is 0 Å². The Kier molecular flexibility index (Phi) is 16.9. The maximum absolute atomic E-state index is 10.2. The molecule has 4 heteroatoms. The zero-order valence-corrected chi connectivity index (χ0v) is 19.1. The SMILES string of the molecule is CCCC[N+](CCCC)(CCCC)CCCC.O=S([O-])Cc1ccccc1. The fourth-order valence-corrected chi connectivity index (χ4v) is 3.82. The summed E-state index contributed by atoms with van der Waals surface area (Å²) in [5, 5.41) is 0. The van der Waals surface area contributed by atoms with Crippen LogP contribution < -0.4 is 0 Å². The maximum Gasteiger partial charge on any atom is 0.0786 e. The van der Waals surface area contributed by atoms with Gasteiger partial charge in [0.2, 0.25) is 0 Å². The molecular formula is C23H43NO2S. The van der Waals surface area contributed by atoms with Gasteiger partial charge in [0.25, 0.3) is 0 Å². The van der Waals surface area contributed by atoms with Gasteiger partial charge in [0.1, 0.15) is 0 Å². The van der Waals surface area contributed by atoms with E-state index in [1.807, 2.05) is 18.2 Å². The monoisotopic (exact) mass is 397 g/mol. The van der Waals surface area contributed by atoms with Crippen LogP contribution in [0, 0.1) is 0 Å². The Labute approximate surface area is 171 Å². The highest BCUT2D eigenvalue weighted by Gasteiger charge is 2.24. The minimum atomic E-state index is -1.97. The van der Waals surface area contributed by atoms with Gasteiger partial charge in [0.15, 0.2) is 0 Å². The van der Waals surface area contributed by atoms with Gasteiger partial charge in [-0.25, -0.2) is 0 Å². The topological polar surface area (TPSA) is 40.1 Å². The van der Waals surface area contributed by atoms with Crippen LogP contribution in [0.5, 0.6) is 0 Å². The summed E-state index contributed by atoms with van der Waals surface area (Å²) in [5.41, 5.74) is 0.829. The van der Waals surface area contributed by atoms with Crippen LogP contribution in [0.25, 0.3) is 0 Å². The van der Waals surface area contributed by atoms with Crippen LogP contribution in [0.3, 0.4) is 0 Å². The Bertz CT molecular complexity index is 427. The maximum atomic E-state index is 10.2. The van der Waals surface area contributed by atoms with Crippen molar-refractivity contribution in [2.45, 2.75) is 84.8 Å². The van der Waals surface area contributed by atoms with Crippen LogP contribution in [-0.4, -0.2) is 39.4 Å². The molecule has 0 saturated heterocycles. The second-order valence-electron chi connectivity index (χ2n) is 7.58. The van der Waals surface area contributed by atoms with Crippen molar-refractivity contribution in [1.82, 2.24) is 0 Å². The molecule has 0 aromatic heterocycles. The van der Waals surface area contributed by atoms with Gasteiger partial charge in [-0.2, -0.15) is 0 Å². The summed E-state index contributed by atoms with van der Waals surface area (Å²) in [6.07, 6.45) is 11.1. The largest absolute Gasteiger partial charge is 0.772 e. The van der Waals surface area contributed by atoms with Crippen LogP contribution in [-0.2, 0) is 16.8 Å². The molecule has 0 aliphatic rings. The third kappa shape index (κ3) is 14.0. The van der Waals surface area contributed by atoms with Crippen molar-refractivity contribution in [2.24, 2.45) is 0 Å². The molecule has 1 aromatic carbocycles. The van der Waals surface area contributed by atoms with Crippen molar-refractivity contribution in [3.63, 3.8) is 0 Å². The molecule has 1 rings (SSSR count). The molecule has 0 bridgehead atoms. The van der Waals surface area contributed by atoms with E-state index in [9.17, 15) is 8.76 Å².